The molecule has 9 heteroatoms. The van der Waals surface area contributed by atoms with Crippen molar-refractivity contribution in [2.24, 2.45) is 0 Å². The zero-order valence-corrected chi connectivity index (χ0v) is 11.5. The first-order valence-corrected chi connectivity index (χ1v) is 6.36. The van der Waals surface area contributed by atoms with Crippen molar-refractivity contribution in [3.8, 4) is 0 Å². The van der Waals surface area contributed by atoms with Crippen LogP contribution in [0.4, 0.5) is 17.6 Å². The van der Waals surface area contributed by atoms with Crippen LogP contribution >= 0.6 is 0 Å². The molecule has 2 aromatic rings. The van der Waals surface area contributed by atoms with Gasteiger partial charge >= 0.3 is 5.97 Å². The zero-order valence-electron chi connectivity index (χ0n) is 11.5. The number of hydrogen-bond donors (Lipinski definition) is 0. The minimum Gasteiger partial charge on any atom is -0.324 e. The number of amides is 2. The van der Waals surface area contributed by atoms with Crippen LogP contribution in [-0.2, 0) is 4.84 Å². The van der Waals surface area contributed by atoms with E-state index in [1.165, 1.54) is 24.3 Å². The van der Waals surface area contributed by atoms with Gasteiger partial charge in [0.25, 0.3) is 11.8 Å². The first-order valence-electron chi connectivity index (χ1n) is 6.36. The highest BCUT2D eigenvalue weighted by Crippen LogP contribution is 2.25. The molecule has 0 spiro atoms. The van der Waals surface area contributed by atoms with E-state index in [2.05, 4.69) is 4.84 Å². The summed E-state index contributed by atoms with van der Waals surface area (Å²) in [6.07, 6.45) is 0. The molecule has 0 aliphatic carbocycles. The standard InChI is InChI=1S/C15H5F4NO4/c16-8-5-9(17)12(19)10(11(8)18)15(23)24-20-13(21)6-3-1-2-4-7(6)14(20)22/h1-5H. The van der Waals surface area contributed by atoms with E-state index in [0.717, 1.165) is 0 Å². The van der Waals surface area contributed by atoms with Crippen LogP contribution in [0.3, 0.4) is 0 Å². The Hall–Kier alpha value is -3.23. The largest absolute Gasteiger partial charge is 0.370 e. The molecular formula is C15H5F4NO4. The molecule has 0 bridgehead atoms. The number of hydroxylamine groups is 2. The normalized spacial score (nSPS) is 13.2. The first-order chi connectivity index (χ1) is 11.3. The average Bonchev–Trinajstić information content (AvgIpc) is 2.79. The summed E-state index contributed by atoms with van der Waals surface area (Å²) in [6.45, 7) is 0. The van der Waals surface area contributed by atoms with Crippen molar-refractivity contribution in [2.45, 2.75) is 0 Å². The molecule has 1 aliphatic rings. The van der Waals surface area contributed by atoms with Crippen LogP contribution in [0.1, 0.15) is 31.1 Å². The topological polar surface area (TPSA) is 63.7 Å². The van der Waals surface area contributed by atoms with Gasteiger partial charge in [0.2, 0.25) is 0 Å². The Morgan fingerprint density at radius 3 is 1.79 bits per heavy atom. The summed E-state index contributed by atoms with van der Waals surface area (Å²) in [7, 11) is 0. The van der Waals surface area contributed by atoms with Gasteiger partial charge in [-0.3, -0.25) is 9.59 Å². The van der Waals surface area contributed by atoms with E-state index in [4.69, 9.17) is 0 Å². The fourth-order valence-corrected chi connectivity index (χ4v) is 2.13. The molecule has 0 atom stereocenters. The molecule has 1 aliphatic heterocycles. The number of rotatable bonds is 2. The Labute approximate surface area is 131 Å². The maximum atomic E-state index is 13.6. The number of carbonyl (C=O) groups excluding carboxylic acids is 3. The minimum atomic E-state index is -2.00. The molecule has 3 rings (SSSR count). The molecular weight excluding hydrogens is 334 g/mol. The second-order valence-electron chi connectivity index (χ2n) is 4.67. The predicted molar refractivity (Wildman–Crippen MR) is 68.6 cm³/mol. The predicted octanol–water partition coefficient (Wildman–Crippen LogP) is 2.61. The van der Waals surface area contributed by atoms with E-state index in [0.29, 0.717) is 0 Å². The van der Waals surface area contributed by atoms with Crippen molar-refractivity contribution in [3.63, 3.8) is 0 Å². The van der Waals surface area contributed by atoms with Crippen LogP contribution in [0.2, 0.25) is 0 Å². The van der Waals surface area contributed by atoms with Crippen LogP contribution in [0.25, 0.3) is 0 Å². The Balaban J connectivity index is 1.96. The van der Waals surface area contributed by atoms with Crippen molar-refractivity contribution in [1.82, 2.24) is 5.06 Å². The summed E-state index contributed by atoms with van der Waals surface area (Å²) in [4.78, 5) is 40.1. The number of fused-ring (bicyclic) bond motifs is 1. The minimum absolute atomic E-state index is 0.0330. The maximum absolute atomic E-state index is 13.6. The van der Waals surface area contributed by atoms with Crippen molar-refractivity contribution in [2.75, 3.05) is 0 Å². The molecule has 2 amide bonds. The smallest absolute Gasteiger partial charge is 0.324 e. The SMILES string of the molecule is O=C(ON1C(=O)c2ccccc2C1=O)c1c(F)c(F)cc(F)c1F. The molecule has 2 aromatic carbocycles. The molecule has 0 saturated carbocycles. The van der Waals surface area contributed by atoms with Crippen molar-refractivity contribution in [3.05, 3.63) is 70.3 Å². The Morgan fingerprint density at radius 1 is 0.875 bits per heavy atom. The second kappa shape index (κ2) is 5.44. The molecule has 24 heavy (non-hydrogen) atoms. The highest BCUT2D eigenvalue weighted by atomic mass is 19.2. The van der Waals surface area contributed by atoms with E-state index in [1.807, 2.05) is 0 Å². The van der Waals surface area contributed by atoms with Crippen LogP contribution < -0.4 is 0 Å². The van der Waals surface area contributed by atoms with Gasteiger partial charge in [-0.25, -0.2) is 22.4 Å². The highest BCUT2D eigenvalue weighted by Gasteiger charge is 2.40. The Bertz CT molecular complexity index is 851. The van der Waals surface area contributed by atoms with Gasteiger partial charge in [0.1, 0.15) is 5.56 Å². The van der Waals surface area contributed by atoms with Gasteiger partial charge in [0, 0.05) is 6.07 Å². The van der Waals surface area contributed by atoms with E-state index in [9.17, 15) is 31.9 Å². The number of carbonyl (C=O) groups is 3. The molecule has 0 fully saturated rings. The van der Waals surface area contributed by atoms with Gasteiger partial charge in [0.15, 0.2) is 23.3 Å². The number of nitrogens with zero attached hydrogens (tertiary/aromatic N) is 1. The monoisotopic (exact) mass is 339 g/mol. The van der Waals surface area contributed by atoms with Gasteiger partial charge < -0.3 is 4.84 Å². The second-order valence-corrected chi connectivity index (χ2v) is 4.67. The Kier molecular flexibility index (Phi) is 3.55. The molecule has 1 heterocycles. The zero-order chi connectivity index (χ0) is 17.6. The molecule has 0 N–H and O–H groups in total. The molecule has 122 valence electrons. The number of halogens is 4. The van der Waals surface area contributed by atoms with E-state index >= 15 is 0 Å². The molecule has 0 aromatic heterocycles. The van der Waals surface area contributed by atoms with Crippen LogP contribution in [0.15, 0.2) is 30.3 Å². The third-order valence-electron chi connectivity index (χ3n) is 3.25. The van der Waals surface area contributed by atoms with Crippen molar-refractivity contribution in [1.29, 1.82) is 0 Å². The van der Waals surface area contributed by atoms with E-state index in [-0.39, 0.29) is 22.3 Å². The highest BCUT2D eigenvalue weighted by molar-refractivity contribution is 6.21. The van der Waals surface area contributed by atoms with Crippen LogP contribution in [-0.4, -0.2) is 22.8 Å². The lowest BCUT2D eigenvalue weighted by Crippen LogP contribution is -2.33. The average molecular weight is 339 g/mol. The molecule has 0 radical (unpaired) electrons. The Morgan fingerprint density at radius 2 is 1.33 bits per heavy atom. The van der Waals surface area contributed by atoms with Crippen LogP contribution in [0.5, 0.6) is 0 Å². The summed E-state index contributed by atoms with van der Waals surface area (Å²) >= 11 is 0. The summed E-state index contributed by atoms with van der Waals surface area (Å²) in [5.41, 5.74) is -1.88. The van der Waals surface area contributed by atoms with Crippen molar-refractivity contribution >= 4 is 17.8 Å². The van der Waals surface area contributed by atoms with Gasteiger partial charge in [-0.05, 0) is 12.1 Å². The molecule has 5 nitrogen and oxygen atoms in total. The first kappa shape index (κ1) is 15.7. The maximum Gasteiger partial charge on any atom is 0.370 e. The third kappa shape index (κ3) is 2.21. The summed E-state index contributed by atoms with van der Waals surface area (Å²) in [5, 5.41) is -0.0330. The van der Waals surface area contributed by atoms with Crippen molar-refractivity contribution < 1.29 is 36.8 Å². The van der Waals surface area contributed by atoms with Gasteiger partial charge in [0.05, 0.1) is 11.1 Å². The molecule has 0 unspecified atom stereocenters. The summed E-state index contributed by atoms with van der Waals surface area (Å²) in [6, 6.07) is 5.33. The van der Waals surface area contributed by atoms with Gasteiger partial charge in [-0.2, -0.15) is 0 Å². The molecule has 0 saturated heterocycles. The fraction of sp³-hybridized carbons (Fsp3) is 0. The number of imide groups is 1. The van der Waals surface area contributed by atoms with E-state index in [1.54, 1.807) is 0 Å². The lowest BCUT2D eigenvalue weighted by molar-refractivity contribution is -0.0591. The summed E-state index contributed by atoms with van der Waals surface area (Å²) < 4.78 is 53.4. The number of benzene rings is 2. The van der Waals surface area contributed by atoms with Crippen LogP contribution in [0, 0.1) is 23.3 Å². The van der Waals surface area contributed by atoms with Gasteiger partial charge in [-0.15, -0.1) is 0 Å². The summed E-state index contributed by atoms with van der Waals surface area (Å²) in [5.74, 6) is -11.7. The lowest BCUT2D eigenvalue weighted by atomic mass is 10.1. The van der Waals surface area contributed by atoms with E-state index < -0.39 is 46.6 Å². The number of hydrogen-bond acceptors (Lipinski definition) is 4. The third-order valence-corrected chi connectivity index (χ3v) is 3.25. The fourth-order valence-electron chi connectivity index (χ4n) is 2.13. The quantitative estimate of drug-likeness (QED) is 0.479. The van der Waals surface area contributed by atoms with Gasteiger partial charge in [-0.1, -0.05) is 17.2 Å². The lowest BCUT2D eigenvalue weighted by Gasteiger charge is -2.13.